The van der Waals surface area contributed by atoms with Crippen molar-refractivity contribution in [2.45, 2.75) is 13.1 Å². The van der Waals surface area contributed by atoms with E-state index in [0.717, 1.165) is 0 Å². The summed E-state index contributed by atoms with van der Waals surface area (Å²) in [5, 5.41) is 12.8. The van der Waals surface area contributed by atoms with Crippen LogP contribution in [0.2, 0.25) is 0 Å². The number of hydrogen-bond donors (Lipinski definition) is 2. The molecule has 0 aliphatic carbocycles. The molecule has 0 aliphatic heterocycles. The van der Waals surface area contributed by atoms with Crippen molar-refractivity contribution in [2.24, 2.45) is 0 Å². The van der Waals surface area contributed by atoms with Crippen LogP contribution >= 0.6 is 0 Å². The number of aromatic amines is 1. The highest BCUT2D eigenvalue weighted by molar-refractivity contribution is 5.75. The highest BCUT2D eigenvalue weighted by Crippen LogP contribution is 1.85. The Kier molecular flexibility index (Phi) is 2.68. The quantitative estimate of drug-likeness (QED) is 0.649. The first-order valence-corrected chi connectivity index (χ1v) is 4.28. The van der Waals surface area contributed by atoms with Gasteiger partial charge in [-0.05, 0) is 0 Å². The van der Waals surface area contributed by atoms with Gasteiger partial charge in [0.05, 0.1) is 6.54 Å². The summed E-state index contributed by atoms with van der Waals surface area (Å²) in [6.45, 7) is 0.474. The Bertz CT molecular complexity index is 406. The second kappa shape index (κ2) is 4.31. The van der Waals surface area contributed by atoms with Gasteiger partial charge in [-0.1, -0.05) is 0 Å². The Labute approximate surface area is 84.7 Å². The fourth-order valence-corrected chi connectivity index (χ4v) is 1.02. The molecule has 0 aliphatic rings. The number of amides is 1. The Morgan fingerprint density at radius 3 is 3.13 bits per heavy atom. The smallest absolute Gasteiger partial charge is 0.242 e. The molecule has 8 nitrogen and oxygen atoms in total. The van der Waals surface area contributed by atoms with Gasteiger partial charge in [0, 0.05) is 0 Å². The van der Waals surface area contributed by atoms with E-state index in [1.165, 1.54) is 23.7 Å². The van der Waals surface area contributed by atoms with E-state index < -0.39 is 0 Å². The second-order valence-corrected chi connectivity index (χ2v) is 2.80. The average Bonchev–Trinajstić information content (AvgIpc) is 2.86. The zero-order valence-corrected chi connectivity index (χ0v) is 7.79. The van der Waals surface area contributed by atoms with Crippen LogP contribution in [0.5, 0.6) is 0 Å². The maximum absolute atomic E-state index is 11.3. The largest absolute Gasteiger partial charge is 0.347 e. The number of carbonyl (C=O) groups excluding carboxylic acids is 1. The first-order chi connectivity index (χ1) is 7.34. The molecule has 0 fully saturated rings. The summed E-state index contributed by atoms with van der Waals surface area (Å²) in [6.07, 6.45) is 4.25. The van der Waals surface area contributed by atoms with Crippen LogP contribution in [0.3, 0.4) is 0 Å². The number of aromatic nitrogens is 6. The lowest BCUT2D eigenvalue weighted by Gasteiger charge is -2.01. The molecule has 0 atom stereocenters. The number of carbonyl (C=O) groups is 1. The maximum atomic E-state index is 11.3. The number of hydrogen-bond acceptors (Lipinski definition) is 5. The molecule has 2 N–H and O–H groups in total. The van der Waals surface area contributed by atoms with E-state index in [0.29, 0.717) is 12.4 Å². The van der Waals surface area contributed by atoms with Gasteiger partial charge in [0.15, 0.2) is 0 Å². The van der Waals surface area contributed by atoms with E-state index in [9.17, 15) is 4.79 Å². The molecule has 0 unspecified atom stereocenters. The monoisotopic (exact) mass is 207 g/mol. The molecule has 1 amide bonds. The molecule has 2 heterocycles. The molecule has 0 aromatic carbocycles. The first-order valence-electron chi connectivity index (χ1n) is 4.28. The molecule has 2 aromatic rings. The van der Waals surface area contributed by atoms with Crippen molar-refractivity contribution in [3.8, 4) is 0 Å². The van der Waals surface area contributed by atoms with Crippen LogP contribution in [0.4, 0.5) is 0 Å². The summed E-state index contributed by atoms with van der Waals surface area (Å²) in [6, 6.07) is 0. The van der Waals surface area contributed by atoms with Crippen LogP contribution in [-0.4, -0.2) is 35.9 Å². The van der Waals surface area contributed by atoms with Gasteiger partial charge in [0.2, 0.25) is 5.91 Å². The standard InChI is InChI=1S/C7H9N7O/c15-7(2-14-5-8-3-12-14)9-1-6-10-4-11-13-6/h3-5H,1-2H2,(H,9,15)(H,10,11,13). The van der Waals surface area contributed by atoms with Gasteiger partial charge in [-0.25, -0.2) is 14.6 Å². The second-order valence-electron chi connectivity index (χ2n) is 2.80. The molecule has 0 saturated carbocycles. The van der Waals surface area contributed by atoms with E-state index in [1.807, 2.05) is 0 Å². The van der Waals surface area contributed by atoms with E-state index in [4.69, 9.17) is 0 Å². The van der Waals surface area contributed by atoms with Gasteiger partial charge in [-0.3, -0.25) is 9.89 Å². The third-order valence-electron chi connectivity index (χ3n) is 1.69. The van der Waals surface area contributed by atoms with Crippen molar-refractivity contribution in [3.63, 3.8) is 0 Å². The van der Waals surface area contributed by atoms with Gasteiger partial charge in [0.25, 0.3) is 0 Å². The zero-order chi connectivity index (χ0) is 10.5. The molecule has 0 bridgehead atoms. The number of nitrogens with zero attached hydrogens (tertiary/aromatic N) is 5. The highest BCUT2D eigenvalue weighted by Gasteiger charge is 2.03. The van der Waals surface area contributed by atoms with Crippen molar-refractivity contribution in [2.75, 3.05) is 0 Å². The first kappa shape index (κ1) is 9.31. The molecule has 15 heavy (non-hydrogen) atoms. The maximum Gasteiger partial charge on any atom is 0.242 e. The summed E-state index contributed by atoms with van der Waals surface area (Å²) >= 11 is 0. The van der Waals surface area contributed by atoms with E-state index in [2.05, 4.69) is 30.6 Å². The predicted molar refractivity (Wildman–Crippen MR) is 48.3 cm³/mol. The molecular weight excluding hydrogens is 198 g/mol. The lowest BCUT2D eigenvalue weighted by atomic mass is 10.5. The third kappa shape index (κ3) is 2.59. The van der Waals surface area contributed by atoms with Crippen molar-refractivity contribution < 1.29 is 4.79 Å². The van der Waals surface area contributed by atoms with Gasteiger partial charge >= 0.3 is 0 Å². The molecule has 2 aromatic heterocycles. The minimum atomic E-state index is -0.156. The van der Waals surface area contributed by atoms with Crippen LogP contribution in [0, 0.1) is 0 Å². The summed E-state index contributed by atoms with van der Waals surface area (Å²) in [4.78, 5) is 18.9. The van der Waals surface area contributed by atoms with Gasteiger partial charge in [0.1, 0.15) is 31.4 Å². The minimum Gasteiger partial charge on any atom is -0.347 e. The molecular formula is C7H9N7O. The normalized spacial score (nSPS) is 10.1. The fraction of sp³-hybridized carbons (Fsp3) is 0.286. The summed E-state index contributed by atoms with van der Waals surface area (Å²) < 4.78 is 1.44. The minimum absolute atomic E-state index is 0.147. The van der Waals surface area contributed by atoms with Crippen LogP contribution in [0.15, 0.2) is 19.0 Å². The highest BCUT2D eigenvalue weighted by atomic mass is 16.2. The van der Waals surface area contributed by atoms with E-state index >= 15 is 0 Å². The number of nitrogens with one attached hydrogen (secondary N) is 2. The summed E-state index contributed by atoms with van der Waals surface area (Å²) in [7, 11) is 0. The van der Waals surface area contributed by atoms with Crippen LogP contribution < -0.4 is 5.32 Å². The van der Waals surface area contributed by atoms with Crippen LogP contribution in [0.25, 0.3) is 0 Å². The fourth-order valence-electron chi connectivity index (χ4n) is 1.02. The predicted octanol–water partition coefficient (Wildman–Crippen LogP) is -1.29. The lowest BCUT2D eigenvalue weighted by Crippen LogP contribution is -2.27. The molecule has 0 saturated heterocycles. The topological polar surface area (TPSA) is 101 Å². The summed E-state index contributed by atoms with van der Waals surface area (Å²) in [5.41, 5.74) is 0. The van der Waals surface area contributed by atoms with Crippen LogP contribution in [0.1, 0.15) is 5.82 Å². The van der Waals surface area contributed by atoms with Crippen molar-refractivity contribution in [1.29, 1.82) is 0 Å². The van der Waals surface area contributed by atoms with Gasteiger partial charge < -0.3 is 5.32 Å². The molecule has 0 spiro atoms. The van der Waals surface area contributed by atoms with Gasteiger partial charge in [-0.2, -0.15) is 10.2 Å². The SMILES string of the molecule is O=C(Cn1cncn1)NCc1ncn[nH]1. The Balaban J connectivity index is 1.78. The van der Waals surface area contributed by atoms with Crippen molar-refractivity contribution >= 4 is 5.91 Å². The molecule has 78 valence electrons. The van der Waals surface area contributed by atoms with E-state index in [-0.39, 0.29) is 12.5 Å². The Morgan fingerprint density at radius 1 is 1.53 bits per heavy atom. The van der Waals surface area contributed by atoms with Crippen molar-refractivity contribution in [3.05, 3.63) is 24.8 Å². The average molecular weight is 207 g/mol. The third-order valence-corrected chi connectivity index (χ3v) is 1.69. The summed E-state index contributed by atoms with van der Waals surface area (Å²) in [5.74, 6) is 0.457. The number of rotatable bonds is 4. The zero-order valence-electron chi connectivity index (χ0n) is 7.79. The Hall–Kier alpha value is -2.25. The molecule has 0 radical (unpaired) electrons. The molecule has 2 rings (SSSR count). The van der Waals surface area contributed by atoms with Gasteiger partial charge in [-0.15, -0.1) is 0 Å². The molecule has 8 heteroatoms. The van der Waals surface area contributed by atoms with E-state index in [1.54, 1.807) is 0 Å². The van der Waals surface area contributed by atoms with Crippen LogP contribution in [-0.2, 0) is 17.9 Å². The Morgan fingerprint density at radius 2 is 2.47 bits per heavy atom. The number of H-pyrrole nitrogens is 1. The van der Waals surface area contributed by atoms with Crippen molar-refractivity contribution in [1.82, 2.24) is 35.3 Å². The lowest BCUT2D eigenvalue weighted by molar-refractivity contribution is -0.122.